The van der Waals surface area contributed by atoms with Gasteiger partial charge in [0.2, 0.25) is 0 Å². The van der Waals surface area contributed by atoms with Gasteiger partial charge in [0.05, 0.1) is 12.7 Å². The summed E-state index contributed by atoms with van der Waals surface area (Å²) in [6.07, 6.45) is 3.49. The van der Waals surface area contributed by atoms with Crippen LogP contribution in [0.4, 0.5) is 0 Å². The van der Waals surface area contributed by atoms with E-state index in [2.05, 4.69) is 11.4 Å². The summed E-state index contributed by atoms with van der Waals surface area (Å²) in [5.41, 5.74) is 3.82. The molecule has 1 N–H and O–H groups in total. The van der Waals surface area contributed by atoms with Crippen LogP contribution in [-0.4, -0.2) is 26.2 Å². The zero-order valence-electron chi connectivity index (χ0n) is 10.1. The van der Waals surface area contributed by atoms with Crippen molar-refractivity contribution in [2.45, 2.75) is 19.3 Å². The Labute approximate surface area is 101 Å². The lowest BCUT2D eigenvalue weighted by atomic mass is 9.84. The van der Waals surface area contributed by atoms with E-state index in [1.807, 2.05) is 12.1 Å². The third kappa shape index (κ3) is 1.75. The van der Waals surface area contributed by atoms with Crippen LogP contribution in [0.1, 0.15) is 27.9 Å². The van der Waals surface area contributed by atoms with Crippen LogP contribution in [0.5, 0.6) is 0 Å². The summed E-state index contributed by atoms with van der Waals surface area (Å²) in [6.45, 7) is 2.23. The predicted molar refractivity (Wildman–Crippen MR) is 65.1 cm³/mol. The number of rotatable bonds is 1. The molecule has 1 heterocycles. The molecule has 1 atom stereocenters. The van der Waals surface area contributed by atoms with E-state index in [1.54, 1.807) is 0 Å². The number of hydrogen-bond donors (Lipinski definition) is 1. The average Bonchev–Trinajstić information content (AvgIpc) is 2.94. The molecule has 17 heavy (non-hydrogen) atoms. The number of carbonyl (C=O) groups is 1. The fourth-order valence-corrected chi connectivity index (χ4v) is 3.18. The van der Waals surface area contributed by atoms with Crippen molar-refractivity contribution >= 4 is 5.97 Å². The van der Waals surface area contributed by atoms with E-state index in [9.17, 15) is 4.79 Å². The molecule has 1 aliphatic carbocycles. The van der Waals surface area contributed by atoms with Crippen molar-refractivity contribution in [3.63, 3.8) is 0 Å². The highest BCUT2D eigenvalue weighted by Gasteiger charge is 2.39. The molecule has 3 nitrogen and oxygen atoms in total. The Balaban J connectivity index is 1.90. The van der Waals surface area contributed by atoms with Crippen LogP contribution in [0, 0.1) is 5.41 Å². The second kappa shape index (κ2) is 3.84. The van der Waals surface area contributed by atoms with Gasteiger partial charge in [0.15, 0.2) is 0 Å². The fourth-order valence-electron chi connectivity index (χ4n) is 3.18. The lowest BCUT2D eigenvalue weighted by Gasteiger charge is -2.20. The van der Waals surface area contributed by atoms with Crippen LogP contribution in [-0.2, 0) is 17.6 Å². The number of benzene rings is 1. The second-order valence-corrected chi connectivity index (χ2v) is 5.26. The lowest BCUT2D eigenvalue weighted by Crippen LogP contribution is -2.24. The minimum atomic E-state index is -0.238. The molecular weight excluding hydrogens is 214 g/mol. The first-order valence-corrected chi connectivity index (χ1v) is 6.13. The molecular formula is C14H17NO2. The molecule has 1 spiro atoms. The van der Waals surface area contributed by atoms with Gasteiger partial charge >= 0.3 is 5.97 Å². The van der Waals surface area contributed by atoms with E-state index in [0.717, 1.165) is 25.9 Å². The number of nitrogens with one attached hydrogen (secondary N) is 1. The summed E-state index contributed by atoms with van der Waals surface area (Å²) in [6, 6.07) is 5.98. The van der Waals surface area contributed by atoms with Gasteiger partial charge in [-0.15, -0.1) is 0 Å². The van der Waals surface area contributed by atoms with E-state index < -0.39 is 0 Å². The normalized spacial score (nSPS) is 26.2. The number of esters is 1. The van der Waals surface area contributed by atoms with Crippen LogP contribution in [0.3, 0.4) is 0 Å². The minimum absolute atomic E-state index is 0.238. The molecule has 0 aromatic heterocycles. The number of fused-ring (bicyclic) bond motifs is 1. The van der Waals surface area contributed by atoms with Gasteiger partial charge in [0, 0.05) is 6.54 Å². The van der Waals surface area contributed by atoms with Crippen molar-refractivity contribution < 1.29 is 9.53 Å². The van der Waals surface area contributed by atoms with Gasteiger partial charge in [0.25, 0.3) is 0 Å². The second-order valence-electron chi connectivity index (χ2n) is 5.26. The van der Waals surface area contributed by atoms with Crippen molar-refractivity contribution in [2.24, 2.45) is 5.41 Å². The zero-order chi connectivity index (χ0) is 11.9. The summed E-state index contributed by atoms with van der Waals surface area (Å²) >= 11 is 0. The Hall–Kier alpha value is -1.35. The summed E-state index contributed by atoms with van der Waals surface area (Å²) in [5.74, 6) is -0.238. The maximum atomic E-state index is 11.5. The van der Waals surface area contributed by atoms with E-state index in [-0.39, 0.29) is 5.97 Å². The van der Waals surface area contributed by atoms with Crippen molar-refractivity contribution in [1.82, 2.24) is 5.32 Å². The van der Waals surface area contributed by atoms with Crippen LogP contribution in [0.2, 0.25) is 0 Å². The van der Waals surface area contributed by atoms with Crippen molar-refractivity contribution in [3.8, 4) is 0 Å². The molecule has 1 aliphatic heterocycles. The Morgan fingerprint density at radius 3 is 2.88 bits per heavy atom. The standard InChI is InChI=1S/C14H17NO2/c1-17-13(16)10-2-3-11-7-14(4-5-15-9-14)8-12(11)6-10/h2-3,6,15H,4-5,7-9H2,1H3/t14-/m1/s1. The Morgan fingerprint density at radius 1 is 1.35 bits per heavy atom. The number of ether oxygens (including phenoxy) is 1. The highest BCUT2D eigenvalue weighted by atomic mass is 16.5. The highest BCUT2D eigenvalue weighted by Crippen LogP contribution is 2.41. The molecule has 0 radical (unpaired) electrons. The smallest absolute Gasteiger partial charge is 0.337 e. The maximum absolute atomic E-state index is 11.5. The molecule has 1 fully saturated rings. The van der Waals surface area contributed by atoms with Crippen molar-refractivity contribution in [1.29, 1.82) is 0 Å². The largest absolute Gasteiger partial charge is 0.465 e. The van der Waals surface area contributed by atoms with E-state index in [4.69, 9.17) is 4.74 Å². The lowest BCUT2D eigenvalue weighted by molar-refractivity contribution is 0.0600. The van der Waals surface area contributed by atoms with Gasteiger partial charge in [-0.3, -0.25) is 0 Å². The Kier molecular flexibility index (Phi) is 2.44. The predicted octanol–water partition coefficient (Wildman–Crippen LogP) is 1.55. The molecule has 0 unspecified atom stereocenters. The first-order valence-electron chi connectivity index (χ1n) is 6.13. The third-order valence-electron chi connectivity index (χ3n) is 4.09. The maximum Gasteiger partial charge on any atom is 0.337 e. The average molecular weight is 231 g/mol. The Bertz CT molecular complexity index is 461. The SMILES string of the molecule is COC(=O)c1ccc2c(c1)C[C@@]1(CCNC1)C2. The quantitative estimate of drug-likeness (QED) is 0.745. The highest BCUT2D eigenvalue weighted by molar-refractivity contribution is 5.89. The van der Waals surface area contributed by atoms with E-state index in [0.29, 0.717) is 11.0 Å². The van der Waals surface area contributed by atoms with Crippen molar-refractivity contribution in [2.75, 3.05) is 20.2 Å². The first kappa shape index (κ1) is 10.8. The Morgan fingerprint density at radius 2 is 2.18 bits per heavy atom. The van der Waals surface area contributed by atoms with Gasteiger partial charge in [0.1, 0.15) is 0 Å². The molecule has 0 bridgehead atoms. The fraction of sp³-hybridized carbons (Fsp3) is 0.500. The van der Waals surface area contributed by atoms with Crippen LogP contribution in [0.25, 0.3) is 0 Å². The minimum Gasteiger partial charge on any atom is -0.465 e. The molecule has 3 heteroatoms. The number of hydrogen-bond acceptors (Lipinski definition) is 3. The topological polar surface area (TPSA) is 38.3 Å². The molecule has 1 saturated heterocycles. The molecule has 1 aromatic carbocycles. The third-order valence-corrected chi connectivity index (χ3v) is 4.09. The summed E-state index contributed by atoms with van der Waals surface area (Å²) < 4.78 is 4.76. The van der Waals surface area contributed by atoms with Crippen LogP contribution in [0.15, 0.2) is 18.2 Å². The first-order chi connectivity index (χ1) is 8.22. The molecule has 2 aliphatic rings. The van der Waals surface area contributed by atoms with E-state index in [1.165, 1.54) is 24.7 Å². The number of methoxy groups -OCH3 is 1. The summed E-state index contributed by atoms with van der Waals surface area (Å²) in [5, 5.41) is 3.45. The molecule has 0 amide bonds. The van der Waals surface area contributed by atoms with Gasteiger partial charge < -0.3 is 10.1 Å². The zero-order valence-corrected chi connectivity index (χ0v) is 10.1. The van der Waals surface area contributed by atoms with Gasteiger partial charge in [-0.2, -0.15) is 0 Å². The van der Waals surface area contributed by atoms with Crippen LogP contribution < -0.4 is 5.32 Å². The van der Waals surface area contributed by atoms with E-state index >= 15 is 0 Å². The molecule has 0 saturated carbocycles. The molecule has 1 aromatic rings. The molecule has 90 valence electrons. The van der Waals surface area contributed by atoms with Gasteiger partial charge in [-0.1, -0.05) is 6.07 Å². The monoisotopic (exact) mass is 231 g/mol. The molecule has 3 rings (SSSR count). The number of carbonyl (C=O) groups excluding carboxylic acids is 1. The van der Waals surface area contributed by atoms with Crippen LogP contribution >= 0.6 is 0 Å². The van der Waals surface area contributed by atoms with Gasteiger partial charge in [-0.05, 0) is 54.5 Å². The van der Waals surface area contributed by atoms with Crippen molar-refractivity contribution in [3.05, 3.63) is 34.9 Å². The summed E-state index contributed by atoms with van der Waals surface area (Å²) in [7, 11) is 1.43. The summed E-state index contributed by atoms with van der Waals surface area (Å²) in [4.78, 5) is 11.5. The van der Waals surface area contributed by atoms with Gasteiger partial charge in [-0.25, -0.2) is 4.79 Å².